The molecule has 0 radical (unpaired) electrons. The van der Waals surface area contributed by atoms with E-state index in [1.165, 1.54) is 7.11 Å². The van der Waals surface area contributed by atoms with Crippen molar-refractivity contribution in [2.24, 2.45) is 5.92 Å². The van der Waals surface area contributed by atoms with E-state index in [2.05, 4.69) is 0 Å². The molecule has 0 amide bonds. The molecular weight excluding hydrogens is 380 g/mol. The standard InChI is InChI=1S/C21H30O8/c1-26-17-7-5-16(6-8-17)19(23)21(25)9-3-2-4-18(21)20(24)29-15-14-28-13-12-27-11-10-22/h5-8,18,22,25H,2-4,9-15H2,1H3. The van der Waals surface area contributed by atoms with Gasteiger partial charge in [-0.25, -0.2) is 0 Å². The van der Waals surface area contributed by atoms with Crippen molar-refractivity contribution in [3.63, 3.8) is 0 Å². The molecule has 0 heterocycles. The maximum Gasteiger partial charge on any atom is 0.312 e. The van der Waals surface area contributed by atoms with Gasteiger partial charge < -0.3 is 29.2 Å². The van der Waals surface area contributed by atoms with Crippen LogP contribution in [0.4, 0.5) is 0 Å². The van der Waals surface area contributed by atoms with Gasteiger partial charge >= 0.3 is 5.97 Å². The van der Waals surface area contributed by atoms with Gasteiger partial charge in [0.1, 0.15) is 18.0 Å². The lowest BCUT2D eigenvalue weighted by Gasteiger charge is -2.37. The van der Waals surface area contributed by atoms with Crippen LogP contribution in [0.25, 0.3) is 0 Å². The number of hydrogen-bond donors (Lipinski definition) is 2. The van der Waals surface area contributed by atoms with Crippen LogP contribution in [0.1, 0.15) is 36.0 Å². The van der Waals surface area contributed by atoms with Crippen LogP contribution in [-0.2, 0) is 19.0 Å². The molecule has 1 aliphatic rings. The molecule has 1 aliphatic carbocycles. The first-order chi connectivity index (χ1) is 14.0. The number of aliphatic hydroxyl groups excluding tert-OH is 1. The zero-order valence-electron chi connectivity index (χ0n) is 16.8. The number of hydrogen-bond acceptors (Lipinski definition) is 8. The largest absolute Gasteiger partial charge is 0.497 e. The number of aliphatic hydroxyl groups is 2. The van der Waals surface area contributed by atoms with Gasteiger partial charge in [0.25, 0.3) is 0 Å². The minimum absolute atomic E-state index is 0.0299. The normalized spacial score (nSPS) is 21.6. The van der Waals surface area contributed by atoms with Crippen LogP contribution in [0.15, 0.2) is 24.3 Å². The summed E-state index contributed by atoms with van der Waals surface area (Å²) >= 11 is 0. The molecule has 1 saturated carbocycles. The zero-order valence-corrected chi connectivity index (χ0v) is 16.8. The second kappa shape index (κ2) is 11.9. The Bertz CT molecular complexity index is 645. The average Bonchev–Trinajstić information content (AvgIpc) is 2.75. The van der Waals surface area contributed by atoms with Crippen LogP contribution >= 0.6 is 0 Å². The van der Waals surface area contributed by atoms with Crippen LogP contribution in [0.3, 0.4) is 0 Å². The molecule has 2 N–H and O–H groups in total. The van der Waals surface area contributed by atoms with Crippen LogP contribution in [-0.4, -0.2) is 74.3 Å². The second-order valence-electron chi connectivity index (χ2n) is 6.90. The molecule has 8 heteroatoms. The highest BCUT2D eigenvalue weighted by Crippen LogP contribution is 2.37. The molecule has 2 unspecified atom stereocenters. The van der Waals surface area contributed by atoms with Crippen molar-refractivity contribution in [1.82, 2.24) is 0 Å². The van der Waals surface area contributed by atoms with Crippen LogP contribution in [0.2, 0.25) is 0 Å². The predicted octanol–water partition coefficient (Wildman–Crippen LogP) is 1.37. The van der Waals surface area contributed by atoms with Crippen molar-refractivity contribution in [1.29, 1.82) is 0 Å². The van der Waals surface area contributed by atoms with E-state index in [0.29, 0.717) is 37.4 Å². The smallest absolute Gasteiger partial charge is 0.312 e. The van der Waals surface area contributed by atoms with E-state index in [0.717, 1.165) is 6.42 Å². The number of ether oxygens (including phenoxy) is 4. The Kier molecular flexibility index (Phi) is 9.53. The number of carbonyl (C=O) groups excluding carboxylic acids is 2. The third-order valence-electron chi connectivity index (χ3n) is 4.99. The second-order valence-corrected chi connectivity index (χ2v) is 6.90. The number of ketones is 1. The number of carbonyl (C=O) groups is 2. The summed E-state index contributed by atoms with van der Waals surface area (Å²) < 4.78 is 20.7. The molecular formula is C21H30O8. The lowest BCUT2D eigenvalue weighted by Crippen LogP contribution is -2.51. The van der Waals surface area contributed by atoms with Crippen molar-refractivity contribution < 1.29 is 38.7 Å². The summed E-state index contributed by atoms with van der Waals surface area (Å²) in [5.41, 5.74) is -1.44. The molecule has 29 heavy (non-hydrogen) atoms. The SMILES string of the molecule is COc1ccc(C(=O)C2(O)CCCCC2C(=O)OCCOCCOCCO)cc1. The quantitative estimate of drug-likeness (QED) is 0.302. The maximum absolute atomic E-state index is 13.0. The number of methoxy groups -OCH3 is 1. The van der Waals surface area contributed by atoms with Gasteiger partial charge in [0.2, 0.25) is 0 Å². The predicted molar refractivity (Wildman–Crippen MR) is 104 cm³/mol. The Balaban J connectivity index is 1.89. The van der Waals surface area contributed by atoms with Crippen molar-refractivity contribution in [3.8, 4) is 5.75 Å². The Morgan fingerprint density at radius 3 is 2.34 bits per heavy atom. The zero-order chi connectivity index (χ0) is 21.1. The molecule has 1 fully saturated rings. The highest BCUT2D eigenvalue weighted by Gasteiger charge is 2.49. The third-order valence-corrected chi connectivity index (χ3v) is 4.99. The van der Waals surface area contributed by atoms with Gasteiger partial charge in [0.15, 0.2) is 5.78 Å². The van der Waals surface area contributed by atoms with E-state index in [1.807, 2.05) is 0 Å². The Morgan fingerprint density at radius 2 is 1.69 bits per heavy atom. The molecule has 0 saturated heterocycles. The van der Waals surface area contributed by atoms with Crippen molar-refractivity contribution in [2.45, 2.75) is 31.3 Å². The molecule has 162 valence electrons. The van der Waals surface area contributed by atoms with E-state index in [4.69, 9.17) is 24.1 Å². The molecule has 8 nitrogen and oxygen atoms in total. The Hall–Kier alpha value is -2.00. The number of esters is 1. The van der Waals surface area contributed by atoms with Crippen LogP contribution in [0.5, 0.6) is 5.75 Å². The minimum Gasteiger partial charge on any atom is -0.497 e. The van der Waals surface area contributed by atoms with Gasteiger partial charge in [-0.2, -0.15) is 0 Å². The van der Waals surface area contributed by atoms with Crippen molar-refractivity contribution in [2.75, 3.05) is 46.8 Å². The number of Topliss-reactive ketones (excluding diaryl/α,β-unsaturated/α-hetero) is 1. The van der Waals surface area contributed by atoms with E-state index >= 15 is 0 Å². The van der Waals surface area contributed by atoms with E-state index in [-0.39, 0.29) is 32.8 Å². The molecule has 1 aromatic rings. The van der Waals surface area contributed by atoms with Crippen LogP contribution in [0, 0.1) is 5.92 Å². The lowest BCUT2D eigenvalue weighted by atomic mass is 9.71. The van der Waals surface area contributed by atoms with Gasteiger partial charge in [0.05, 0.1) is 46.1 Å². The fourth-order valence-corrected chi connectivity index (χ4v) is 3.42. The lowest BCUT2D eigenvalue weighted by molar-refractivity contribution is -0.160. The fraction of sp³-hybridized carbons (Fsp3) is 0.619. The van der Waals surface area contributed by atoms with Crippen molar-refractivity contribution in [3.05, 3.63) is 29.8 Å². The average molecular weight is 410 g/mol. The molecule has 0 aliphatic heterocycles. The molecule has 0 aromatic heterocycles. The minimum atomic E-state index is -1.77. The molecule has 0 bridgehead atoms. The molecule has 1 aromatic carbocycles. The summed E-state index contributed by atoms with van der Waals surface area (Å²) in [5.74, 6) is -1.36. The van der Waals surface area contributed by atoms with E-state index in [9.17, 15) is 14.7 Å². The summed E-state index contributed by atoms with van der Waals surface area (Å²) in [6, 6.07) is 6.47. The Morgan fingerprint density at radius 1 is 1.03 bits per heavy atom. The fourth-order valence-electron chi connectivity index (χ4n) is 3.42. The van der Waals surface area contributed by atoms with Crippen LogP contribution < -0.4 is 4.74 Å². The van der Waals surface area contributed by atoms with Gasteiger partial charge in [-0.3, -0.25) is 9.59 Å². The summed E-state index contributed by atoms with van der Waals surface area (Å²) in [6.07, 6.45) is 2.03. The topological polar surface area (TPSA) is 112 Å². The summed E-state index contributed by atoms with van der Waals surface area (Å²) in [5, 5.41) is 19.7. The molecule has 2 rings (SSSR count). The first kappa shape index (κ1) is 23.3. The molecule has 2 atom stereocenters. The van der Waals surface area contributed by atoms with Gasteiger partial charge in [-0.1, -0.05) is 12.8 Å². The third kappa shape index (κ3) is 6.50. The van der Waals surface area contributed by atoms with E-state index in [1.54, 1.807) is 24.3 Å². The summed E-state index contributed by atoms with van der Waals surface area (Å²) in [6.45, 7) is 1.08. The van der Waals surface area contributed by atoms with Gasteiger partial charge in [-0.15, -0.1) is 0 Å². The number of rotatable bonds is 12. The number of benzene rings is 1. The monoisotopic (exact) mass is 410 g/mol. The van der Waals surface area contributed by atoms with Gasteiger partial charge in [0, 0.05) is 5.56 Å². The van der Waals surface area contributed by atoms with Crippen molar-refractivity contribution >= 4 is 11.8 Å². The van der Waals surface area contributed by atoms with E-state index < -0.39 is 23.3 Å². The summed E-state index contributed by atoms with van der Waals surface area (Å²) in [4.78, 5) is 25.5. The first-order valence-corrected chi connectivity index (χ1v) is 9.87. The summed E-state index contributed by atoms with van der Waals surface area (Å²) in [7, 11) is 1.53. The highest BCUT2D eigenvalue weighted by atomic mass is 16.6. The highest BCUT2D eigenvalue weighted by molar-refractivity contribution is 6.05. The molecule has 0 spiro atoms. The maximum atomic E-state index is 13.0. The first-order valence-electron chi connectivity index (χ1n) is 9.87. The van der Waals surface area contributed by atoms with Gasteiger partial charge in [-0.05, 0) is 37.1 Å². The Labute approximate surface area is 170 Å².